The van der Waals surface area contributed by atoms with E-state index >= 15 is 4.39 Å². The topological polar surface area (TPSA) is 222 Å². The first kappa shape index (κ1) is 55.8. The number of aliphatic hydroxyl groups excluding tert-OH is 2. The lowest BCUT2D eigenvalue weighted by Crippen LogP contribution is -2.50. The van der Waals surface area contributed by atoms with Crippen LogP contribution < -0.4 is 25.0 Å². The standard InChI is InChI=1S/C62H58F4N10O8/c1-4-43-46(63)14-13-37-21-40(78)23-44(52(37)43)55-58(56-45(26-68-55)59(74-27-38-22-39(74)25-67-38)71-62(70-56)84-42-17-19-82-20-18-42)83-31-33-5-7-34(8-6-33)49-29-76(73-72-49)57(32(2)3)61(81)75-28-41(79)24-51(75)60(80)69-50(30-77)35-9-11-36(12-10-35)53-47(64)15-16-48(65)54(53)66/h1,5-16,21,23,26,29,32,38-39,41-42,50-51,57,67,77-79H,17-20,22,24-25,27-28,30-31H2,2-3H3,(H,69,80)/t38-,39-,41+,50-,51-,57-/m0/s1. The smallest absolute Gasteiger partial charge is 0.319 e. The van der Waals surface area contributed by atoms with E-state index in [0.29, 0.717) is 94.1 Å². The molecule has 0 spiro atoms. The minimum absolute atomic E-state index is 0.0125. The predicted molar refractivity (Wildman–Crippen MR) is 301 cm³/mol. The number of aliphatic hydroxyl groups is 2. The molecule has 0 unspecified atom stereocenters. The van der Waals surface area contributed by atoms with Gasteiger partial charge in [0, 0.05) is 73.7 Å². The lowest BCUT2D eigenvalue weighted by molar-refractivity contribution is -0.142. The van der Waals surface area contributed by atoms with Gasteiger partial charge in [-0.2, -0.15) is 9.97 Å². The first-order chi connectivity index (χ1) is 40.6. The lowest BCUT2D eigenvalue weighted by Gasteiger charge is -2.30. The van der Waals surface area contributed by atoms with Crippen LogP contribution in [-0.2, 0) is 20.9 Å². The molecule has 8 aromatic rings. The first-order valence-corrected chi connectivity index (χ1v) is 27.8. The Labute approximate surface area is 479 Å². The van der Waals surface area contributed by atoms with E-state index in [2.05, 4.69) is 31.8 Å². The number of β-amino-alcohol motifs (C(OH)–C–C–N with tert-alkyl or cyclic N) is 1. The largest absolute Gasteiger partial charge is 0.508 e. The molecule has 6 atom stereocenters. The molecule has 0 aliphatic carbocycles. The van der Waals surface area contributed by atoms with Gasteiger partial charge >= 0.3 is 6.01 Å². The third-order valence-corrected chi connectivity index (χ3v) is 16.2. The van der Waals surface area contributed by atoms with Crippen molar-refractivity contribution in [1.29, 1.82) is 0 Å². The van der Waals surface area contributed by atoms with E-state index in [9.17, 15) is 38.1 Å². The van der Waals surface area contributed by atoms with E-state index in [4.69, 9.17) is 35.6 Å². The van der Waals surface area contributed by atoms with Gasteiger partial charge in [0.05, 0.1) is 54.7 Å². The van der Waals surface area contributed by atoms with E-state index in [1.54, 1.807) is 18.5 Å². The van der Waals surface area contributed by atoms with Gasteiger partial charge in [0.1, 0.15) is 64.9 Å². The maximum absolute atomic E-state index is 15.6. The molecule has 2 bridgehead atoms. The fraction of sp³-hybridized carbons (Fsp3) is 0.339. The summed E-state index contributed by atoms with van der Waals surface area (Å²) in [6.45, 7) is 5.43. The highest BCUT2D eigenvalue weighted by atomic mass is 19.2. The summed E-state index contributed by atoms with van der Waals surface area (Å²) in [4.78, 5) is 47.1. The number of hydrogen-bond donors (Lipinski definition) is 5. The number of rotatable bonds is 16. The number of nitrogens with one attached hydrogen (secondary N) is 2. The number of aromatic nitrogens is 6. The molecule has 5 N–H and O–H groups in total. The Morgan fingerprint density at radius 2 is 1.68 bits per heavy atom. The quantitative estimate of drug-likeness (QED) is 0.0355. The van der Waals surface area contributed by atoms with Crippen molar-refractivity contribution in [2.75, 3.05) is 44.4 Å². The van der Waals surface area contributed by atoms with E-state index in [1.807, 2.05) is 38.1 Å². The van der Waals surface area contributed by atoms with Gasteiger partial charge in [-0.05, 0) is 64.7 Å². The van der Waals surface area contributed by atoms with E-state index in [0.717, 1.165) is 19.0 Å². The molecule has 0 radical (unpaired) electrons. The Bertz CT molecular complexity index is 3880. The van der Waals surface area contributed by atoms with Crippen LogP contribution >= 0.6 is 0 Å². The third kappa shape index (κ3) is 10.7. The number of halogens is 4. The van der Waals surface area contributed by atoms with Crippen LogP contribution in [0.4, 0.5) is 23.4 Å². The summed E-state index contributed by atoms with van der Waals surface area (Å²) in [5, 5.41) is 48.9. The van der Waals surface area contributed by atoms with Crippen LogP contribution in [0.1, 0.15) is 68.3 Å². The Hall–Kier alpha value is -8.75. The number of amides is 2. The number of hydrogen-bond acceptors (Lipinski definition) is 15. The molecule has 84 heavy (non-hydrogen) atoms. The number of likely N-dealkylation sites (tertiary alicyclic amines) is 1. The van der Waals surface area contributed by atoms with Crippen LogP contribution in [0.15, 0.2) is 97.3 Å². The highest BCUT2D eigenvalue weighted by molar-refractivity contribution is 6.05. The Morgan fingerprint density at radius 1 is 0.929 bits per heavy atom. The predicted octanol–water partition coefficient (Wildman–Crippen LogP) is 7.71. The number of phenols is 1. The van der Waals surface area contributed by atoms with Crippen molar-refractivity contribution in [3.05, 3.63) is 137 Å². The van der Waals surface area contributed by atoms with Crippen molar-refractivity contribution < 1.29 is 56.7 Å². The molecule has 4 saturated heterocycles. The number of phenolic OH excluding ortho intramolecular Hbond substituents is 1. The van der Waals surface area contributed by atoms with Crippen molar-refractivity contribution >= 4 is 39.3 Å². The van der Waals surface area contributed by atoms with Crippen molar-refractivity contribution in [3.8, 4) is 63.5 Å². The Balaban J connectivity index is 0.810. The van der Waals surface area contributed by atoms with Gasteiger partial charge in [-0.25, -0.2) is 22.2 Å². The second kappa shape index (κ2) is 23.1. The van der Waals surface area contributed by atoms with Crippen LogP contribution in [0.3, 0.4) is 0 Å². The number of carbonyl (C=O) groups excluding carboxylic acids is 2. The molecule has 4 aliphatic heterocycles. The van der Waals surface area contributed by atoms with E-state index < -0.39 is 71.5 Å². The molecule has 0 saturated carbocycles. The summed E-state index contributed by atoms with van der Waals surface area (Å²) >= 11 is 0. The highest BCUT2D eigenvalue weighted by Crippen LogP contribution is 2.45. The Morgan fingerprint density at radius 3 is 2.39 bits per heavy atom. The number of nitrogens with zero attached hydrogens (tertiary/aromatic N) is 8. The number of ether oxygens (including phenoxy) is 3. The summed E-state index contributed by atoms with van der Waals surface area (Å²) in [6.07, 6.45) is 10.2. The van der Waals surface area contributed by atoms with Gasteiger partial charge in [0.15, 0.2) is 17.4 Å². The number of terminal acetylenes is 1. The van der Waals surface area contributed by atoms with Crippen molar-refractivity contribution in [2.24, 2.45) is 5.92 Å². The monoisotopic (exact) mass is 1150 g/mol. The summed E-state index contributed by atoms with van der Waals surface area (Å²) in [6, 6.07) is 17.7. The van der Waals surface area contributed by atoms with Crippen LogP contribution in [0.2, 0.25) is 0 Å². The fourth-order valence-corrected chi connectivity index (χ4v) is 12.0. The van der Waals surface area contributed by atoms with Gasteiger partial charge in [0.2, 0.25) is 11.8 Å². The van der Waals surface area contributed by atoms with Gasteiger partial charge in [-0.1, -0.05) is 79.6 Å². The van der Waals surface area contributed by atoms with Crippen LogP contribution in [0.25, 0.3) is 55.3 Å². The number of pyridine rings is 1. The van der Waals surface area contributed by atoms with Gasteiger partial charge in [-0.15, -0.1) is 11.5 Å². The number of piperazine rings is 1. The molecule has 7 heterocycles. The molecule has 5 aromatic carbocycles. The number of carbonyl (C=O) groups is 2. The van der Waals surface area contributed by atoms with Gasteiger partial charge in [0.25, 0.3) is 0 Å². The summed E-state index contributed by atoms with van der Waals surface area (Å²) in [7, 11) is 0. The SMILES string of the molecule is C#Cc1c(F)ccc2cc(O)cc(-c3ncc4c(N5C[C@@H]6C[C@H]5CN6)nc(OC5CCOCC5)nc4c3OCc3ccc(-c4cn([C@H](C(=O)N5C[C@H](O)C[C@H]5C(=O)N[C@@H](CO)c5ccc(-c6c(F)ccc(F)c6F)cc5)C(C)C)nn4)cc3)c12. The average Bonchev–Trinajstić information content (AvgIpc) is 3.02. The van der Waals surface area contributed by atoms with Crippen molar-refractivity contribution in [1.82, 2.24) is 45.5 Å². The molecular weight excluding hydrogens is 1090 g/mol. The minimum Gasteiger partial charge on any atom is -0.508 e. The zero-order valence-corrected chi connectivity index (χ0v) is 45.7. The molecular formula is C62H58F4N10O8. The van der Waals surface area contributed by atoms with Crippen LogP contribution in [0, 0.1) is 41.5 Å². The first-order valence-electron chi connectivity index (χ1n) is 27.8. The minimum atomic E-state index is -1.35. The highest BCUT2D eigenvalue weighted by Gasteiger charge is 2.44. The number of benzene rings is 5. The molecule has 12 rings (SSSR count). The second-order valence-electron chi connectivity index (χ2n) is 22.0. The molecule has 22 heteroatoms. The molecule has 4 aliphatic rings. The van der Waals surface area contributed by atoms with Gasteiger partial charge in [-0.3, -0.25) is 14.6 Å². The number of aromatic hydroxyl groups is 1. The zero-order chi connectivity index (χ0) is 58.5. The maximum Gasteiger partial charge on any atom is 0.319 e. The number of anilines is 1. The lowest BCUT2D eigenvalue weighted by atomic mass is 9.95. The molecule has 3 aromatic heterocycles. The van der Waals surface area contributed by atoms with Gasteiger partial charge < -0.3 is 50.0 Å². The summed E-state index contributed by atoms with van der Waals surface area (Å²) < 4.78 is 79.1. The third-order valence-electron chi connectivity index (χ3n) is 16.2. The number of fused-ring (bicyclic) bond motifs is 4. The van der Waals surface area contributed by atoms with Crippen LogP contribution in [-0.4, -0.2) is 132 Å². The maximum atomic E-state index is 15.6. The normalized spacial score (nSPS) is 19.5. The van der Waals surface area contributed by atoms with E-state index in [-0.39, 0.29) is 78.0 Å². The molecule has 4 fully saturated rings. The van der Waals surface area contributed by atoms with Crippen molar-refractivity contribution in [3.63, 3.8) is 0 Å². The zero-order valence-electron chi connectivity index (χ0n) is 45.7. The van der Waals surface area contributed by atoms with E-state index in [1.165, 1.54) is 52.0 Å². The average molecular weight is 1150 g/mol. The molecule has 2 amide bonds. The van der Waals surface area contributed by atoms with Crippen molar-refractivity contribution in [2.45, 2.75) is 88.6 Å². The summed E-state index contributed by atoms with van der Waals surface area (Å²) in [5.74, 6) is -2.44. The fourth-order valence-electron chi connectivity index (χ4n) is 12.0. The molecule has 18 nitrogen and oxygen atoms in total. The Kier molecular flexibility index (Phi) is 15.4. The second-order valence-corrected chi connectivity index (χ2v) is 22.0. The van der Waals surface area contributed by atoms with Crippen LogP contribution in [0.5, 0.6) is 17.5 Å². The summed E-state index contributed by atoms with van der Waals surface area (Å²) in [5.41, 5.74) is 2.56. The molecule has 432 valence electrons.